The molecule has 4 nitrogen and oxygen atoms in total. The summed E-state index contributed by atoms with van der Waals surface area (Å²) in [4.78, 5) is 23.2. The summed E-state index contributed by atoms with van der Waals surface area (Å²) in [7, 11) is 0. The lowest BCUT2D eigenvalue weighted by molar-refractivity contribution is -0.156. The number of esters is 1. The van der Waals surface area contributed by atoms with Crippen LogP contribution in [-0.4, -0.2) is 17.0 Å². The first kappa shape index (κ1) is 20.7. The average Bonchev–Trinajstić information content (AvgIpc) is 2.59. The van der Waals surface area contributed by atoms with Crippen LogP contribution in [0.4, 0.5) is 0 Å². The summed E-state index contributed by atoms with van der Waals surface area (Å²) in [6, 6.07) is 0. The lowest BCUT2D eigenvalue weighted by atomic mass is 9.79. The predicted molar refractivity (Wildman–Crippen MR) is 95.5 cm³/mol. The van der Waals surface area contributed by atoms with Crippen molar-refractivity contribution in [1.82, 2.24) is 0 Å². The first-order chi connectivity index (χ1) is 11.7. The molecule has 1 rings (SSSR count). The van der Waals surface area contributed by atoms with Crippen LogP contribution >= 0.6 is 0 Å². The highest BCUT2D eigenvalue weighted by Crippen LogP contribution is 2.31. The third-order valence-electron chi connectivity index (χ3n) is 4.89. The van der Waals surface area contributed by atoms with Crippen LogP contribution in [0.3, 0.4) is 0 Å². The molecule has 4 heteroatoms. The number of aliphatic carboxylic acids is 1. The molecule has 0 bridgehead atoms. The summed E-state index contributed by atoms with van der Waals surface area (Å²) in [5.41, 5.74) is 0. The van der Waals surface area contributed by atoms with Gasteiger partial charge in [0.25, 0.3) is 0 Å². The van der Waals surface area contributed by atoms with Crippen molar-refractivity contribution in [2.24, 2.45) is 11.8 Å². The van der Waals surface area contributed by atoms with Crippen molar-refractivity contribution >= 4 is 11.9 Å². The van der Waals surface area contributed by atoms with E-state index in [0.29, 0.717) is 12.8 Å². The fourth-order valence-electron chi connectivity index (χ4n) is 3.38. The highest BCUT2D eigenvalue weighted by atomic mass is 16.5. The second kappa shape index (κ2) is 13.0. The maximum Gasteiger partial charge on any atom is 0.314 e. The molecule has 0 aromatic heterocycles. The summed E-state index contributed by atoms with van der Waals surface area (Å²) in [6.45, 7) is 2.23. The van der Waals surface area contributed by atoms with Gasteiger partial charge >= 0.3 is 11.9 Å². The molecule has 138 valence electrons. The first-order valence-electron chi connectivity index (χ1n) is 9.75. The van der Waals surface area contributed by atoms with Gasteiger partial charge in [0.15, 0.2) is 0 Å². The lowest BCUT2D eigenvalue weighted by Crippen LogP contribution is -2.33. The molecule has 2 atom stereocenters. The van der Waals surface area contributed by atoms with Gasteiger partial charge in [0.1, 0.15) is 0 Å². The monoisotopic (exact) mass is 338 g/mol. The maximum absolute atomic E-state index is 12.0. The third-order valence-corrected chi connectivity index (χ3v) is 4.89. The molecular weight excluding hydrogens is 304 g/mol. The Hall–Kier alpha value is -1.32. The summed E-state index contributed by atoms with van der Waals surface area (Å²) >= 11 is 0. The molecule has 0 radical (unpaired) electrons. The van der Waals surface area contributed by atoms with Gasteiger partial charge in [-0.25, -0.2) is 0 Å². The summed E-state index contributed by atoms with van der Waals surface area (Å²) in [6.07, 6.45) is 17.5. The Bertz CT molecular complexity index is 389. The average molecular weight is 338 g/mol. The molecule has 0 spiro atoms. The molecule has 1 aliphatic rings. The second-order valence-electron chi connectivity index (χ2n) is 6.91. The van der Waals surface area contributed by atoms with E-state index in [2.05, 4.69) is 6.92 Å². The van der Waals surface area contributed by atoms with E-state index in [0.717, 1.165) is 25.7 Å². The molecule has 2 unspecified atom stereocenters. The smallest absolute Gasteiger partial charge is 0.314 e. The first-order valence-corrected chi connectivity index (χ1v) is 9.75. The standard InChI is InChI=1S/C20H34O4/c1-2-3-4-5-6-7-8-9-10-13-16-24-20(23)18-15-12-11-14-17(18)19(21)22/h13,16-18H,2-12,14-15H2,1H3,(H,21,22)/b16-13+. The Kier molecular flexibility index (Phi) is 11.2. The number of carboxylic acid groups (broad SMARTS) is 1. The SMILES string of the molecule is CCCCCCCCCC/C=C/OC(=O)C1CCCCC1C(=O)O. The van der Waals surface area contributed by atoms with E-state index in [1.54, 1.807) is 0 Å². The van der Waals surface area contributed by atoms with Gasteiger partial charge < -0.3 is 9.84 Å². The van der Waals surface area contributed by atoms with Gasteiger partial charge in [0.05, 0.1) is 18.1 Å². The van der Waals surface area contributed by atoms with Crippen molar-refractivity contribution < 1.29 is 19.4 Å². The van der Waals surface area contributed by atoms with Crippen molar-refractivity contribution in [2.45, 2.75) is 90.4 Å². The minimum atomic E-state index is -0.875. The van der Waals surface area contributed by atoms with E-state index < -0.39 is 17.8 Å². The fraction of sp³-hybridized carbons (Fsp3) is 0.800. The molecule has 0 saturated heterocycles. The Labute approximate surface area is 146 Å². The number of carbonyl (C=O) groups is 2. The highest BCUT2D eigenvalue weighted by Gasteiger charge is 2.36. The van der Waals surface area contributed by atoms with Gasteiger partial charge in [-0.05, 0) is 31.8 Å². The molecule has 24 heavy (non-hydrogen) atoms. The minimum absolute atomic E-state index is 0.380. The van der Waals surface area contributed by atoms with Crippen molar-refractivity contribution in [2.75, 3.05) is 0 Å². The highest BCUT2D eigenvalue weighted by molar-refractivity contribution is 5.81. The van der Waals surface area contributed by atoms with Gasteiger partial charge in [-0.3, -0.25) is 9.59 Å². The van der Waals surface area contributed by atoms with Gasteiger partial charge in [0.2, 0.25) is 0 Å². The number of hydrogen-bond acceptors (Lipinski definition) is 3. The zero-order valence-corrected chi connectivity index (χ0v) is 15.2. The van der Waals surface area contributed by atoms with E-state index in [9.17, 15) is 14.7 Å². The van der Waals surface area contributed by atoms with Crippen LogP contribution in [0, 0.1) is 11.8 Å². The molecule has 1 aliphatic carbocycles. The Morgan fingerprint density at radius 1 is 0.958 bits per heavy atom. The quantitative estimate of drug-likeness (QED) is 0.291. The van der Waals surface area contributed by atoms with Gasteiger partial charge in [-0.15, -0.1) is 0 Å². The van der Waals surface area contributed by atoms with Crippen molar-refractivity contribution in [3.05, 3.63) is 12.3 Å². The summed E-state index contributed by atoms with van der Waals surface area (Å²) in [5, 5.41) is 9.19. The van der Waals surface area contributed by atoms with Crippen LogP contribution in [0.5, 0.6) is 0 Å². The number of allylic oxidation sites excluding steroid dienone is 1. The van der Waals surface area contributed by atoms with Gasteiger partial charge in [-0.2, -0.15) is 0 Å². The van der Waals surface area contributed by atoms with Crippen LogP contribution in [0.15, 0.2) is 12.3 Å². The third kappa shape index (κ3) is 8.51. The van der Waals surface area contributed by atoms with E-state index in [4.69, 9.17) is 4.74 Å². The normalized spacial score (nSPS) is 21.0. The van der Waals surface area contributed by atoms with Gasteiger partial charge in [0, 0.05) is 0 Å². The summed E-state index contributed by atoms with van der Waals surface area (Å²) < 4.78 is 5.15. The van der Waals surface area contributed by atoms with Crippen molar-refractivity contribution in [1.29, 1.82) is 0 Å². The number of carbonyl (C=O) groups excluding carboxylic acids is 1. The van der Waals surface area contributed by atoms with E-state index in [1.807, 2.05) is 6.08 Å². The summed E-state index contributed by atoms with van der Waals surface area (Å²) in [5.74, 6) is -2.31. The van der Waals surface area contributed by atoms with Crippen molar-refractivity contribution in [3.63, 3.8) is 0 Å². The Morgan fingerprint density at radius 2 is 1.54 bits per heavy atom. The topological polar surface area (TPSA) is 63.6 Å². The van der Waals surface area contributed by atoms with E-state index >= 15 is 0 Å². The molecular formula is C20H34O4. The molecule has 0 aliphatic heterocycles. The molecule has 1 N–H and O–H groups in total. The van der Waals surface area contributed by atoms with Gasteiger partial charge in [-0.1, -0.05) is 64.7 Å². The number of ether oxygens (including phenoxy) is 1. The van der Waals surface area contributed by atoms with E-state index in [-0.39, 0.29) is 5.97 Å². The van der Waals surface area contributed by atoms with E-state index in [1.165, 1.54) is 51.2 Å². The van der Waals surface area contributed by atoms with Crippen LogP contribution in [-0.2, 0) is 14.3 Å². The zero-order valence-electron chi connectivity index (χ0n) is 15.2. The Balaban J connectivity index is 2.09. The molecule has 1 saturated carbocycles. The Morgan fingerprint density at radius 3 is 2.17 bits per heavy atom. The molecule has 0 aromatic rings. The second-order valence-corrected chi connectivity index (χ2v) is 6.91. The number of rotatable bonds is 12. The molecule has 1 fully saturated rings. The predicted octanol–water partition coefficient (Wildman–Crippen LogP) is 5.47. The zero-order chi connectivity index (χ0) is 17.6. The number of unbranched alkanes of at least 4 members (excludes halogenated alkanes) is 8. The van der Waals surface area contributed by atoms with Crippen LogP contribution in [0.2, 0.25) is 0 Å². The largest absolute Gasteiger partial charge is 0.481 e. The number of hydrogen-bond donors (Lipinski definition) is 1. The molecule has 0 amide bonds. The van der Waals surface area contributed by atoms with Crippen molar-refractivity contribution in [3.8, 4) is 0 Å². The lowest BCUT2D eigenvalue weighted by Gasteiger charge is -2.25. The van der Waals surface area contributed by atoms with Crippen LogP contribution in [0.25, 0.3) is 0 Å². The molecule has 0 aromatic carbocycles. The minimum Gasteiger partial charge on any atom is -0.481 e. The fourth-order valence-corrected chi connectivity index (χ4v) is 3.38. The molecule has 0 heterocycles. The maximum atomic E-state index is 12.0. The van der Waals surface area contributed by atoms with Crippen LogP contribution in [0.1, 0.15) is 90.4 Å². The number of carboxylic acids is 1. The van der Waals surface area contributed by atoms with Crippen LogP contribution < -0.4 is 0 Å².